The first-order valence-electron chi connectivity index (χ1n) is 7.49. The van der Waals surface area contributed by atoms with E-state index in [9.17, 15) is 0 Å². The van der Waals surface area contributed by atoms with Crippen molar-refractivity contribution in [1.29, 1.82) is 0 Å². The third kappa shape index (κ3) is 2.60. The molecule has 0 saturated carbocycles. The molecule has 1 atom stereocenters. The van der Waals surface area contributed by atoms with Crippen molar-refractivity contribution in [3.8, 4) is 11.3 Å². The Labute approximate surface area is 130 Å². The summed E-state index contributed by atoms with van der Waals surface area (Å²) in [6.45, 7) is 8.62. The van der Waals surface area contributed by atoms with Crippen molar-refractivity contribution in [2.45, 2.75) is 33.9 Å². The summed E-state index contributed by atoms with van der Waals surface area (Å²) in [7, 11) is 0. The number of nitrogens with zero attached hydrogens (tertiary/aromatic N) is 4. The lowest BCUT2D eigenvalue weighted by molar-refractivity contribution is 0.0189. The predicted molar refractivity (Wildman–Crippen MR) is 86.6 cm³/mol. The van der Waals surface area contributed by atoms with E-state index >= 15 is 0 Å². The van der Waals surface area contributed by atoms with E-state index in [1.165, 1.54) is 0 Å². The molecule has 0 aliphatic rings. The highest BCUT2D eigenvalue weighted by atomic mass is 16.5. The van der Waals surface area contributed by atoms with Gasteiger partial charge in [0.25, 0.3) is 0 Å². The van der Waals surface area contributed by atoms with E-state index in [0.29, 0.717) is 6.61 Å². The van der Waals surface area contributed by atoms with Crippen LogP contribution in [0.25, 0.3) is 22.3 Å². The Morgan fingerprint density at radius 2 is 2.05 bits per heavy atom. The Morgan fingerprint density at radius 3 is 2.77 bits per heavy atom. The molecule has 0 N–H and O–H groups in total. The number of aryl methyl sites for hydroxylation is 2. The predicted octanol–water partition coefficient (Wildman–Crippen LogP) is 3.67. The van der Waals surface area contributed by atoms with Crippen LogP contribution in [0.3, 0.4) is 0 Å². The first-order chi connectivity index (χ1) is 10.6. The molecule has 3 heterocycles. The van der Waals surface area contributed by atoms with Crippen molar-refractivity contribution in [2.75, 3.05) is 6.61 Å². The second-order valence-corrected chi connectivity index (χ2v) is 5.42. The van der Waals surface area contributed by atoms with Crippen LogP contribution in [0.2, 0.25) is 0 Å². The zero-order valence-corrected chi connectivity index (χ0v) is 13.4. The van der Waals surface area contributed by atoms with Gasteiger partial charge in [0.1, 0.15) is 11.9 Å². The highest BCUT2D eigenvalue weighted by molar-refractivity contribution is 5.91. The van der Waals surface area contributed by atoms with Crippen LogP contribution in [-0.4, -0.2) is 26.4 Å². The second kappa shape index (κ2) is 5.85. The van der Waals surface area contributed by atoms with Gasteiger partial charge in [0.15, 0.2) is 5.65 Å². The lowest BCUT2D eigenvalue weighted by atomic mass is 10.1. The van der Waals surface area contributed by atoms with E-state index in [0.717, 1.165) is 33.5 Å². The summed E-state index contributed by atoms with van der Waals surface area (Å²) < 4.78 is 7.54. The summed E-state index contributed by atoms with van der Waals surface area (Å²) in [5, 5.41) is 5.80. The maximum absolute atomic E-state index is 5.69. The minimum atomic E-state index is -0.153. The number of ether oxygens (including phenoxy) is 1. The van der Waals surface area contributed by atoms with Crippen molar-refractivity contribution in [1.82, 2.24) is 19.7 Å². The molecular formula is C17H20N4O. The Bertz CT molecular complexity index is 810. The average Bonchev–Trinajstić information content (AvgIpc) is 2.86. The van der Waals surface area contributed by atoms with Crippen LogP contribution in [0.4, 0.5) is 0 Å². The van der Waals surface area contributed by atoms with Gasteiger partial charge >= 0.3 is 0 Å². The zero-order chi connectivity index (χ0) is 15.7. The third-order valence-electron chi connectivity index (χ3n) is 3.61. The highest BCUT2D eigenvalue weighted by Gasteiger charge is 2.17. The third-order valence-corrected chi connectivity index (χ3v) is 3.61. The van der Waals surface area contributed by atoms with Crippen LogP contribution in [0.5, 0.6) is 0 Å². The van der Waals surface area contributed by atoms with E-state index in [1.807, 2.05) is 56.9 Å². The number of pyridine rings is 2. The van der Waals surface area contributed by atoms with E-state index in [-0.39, 0.29) is 6.23 Å². The lowest BCUT2D eigenvalue weighted by Crippen LogP contribution is -2.11. The summed E-state index contributed by atoms with van der Waals surface area (Å²) in [4.78, 5) is 8.82. The lowest BCUT2D eigenvalue weighted by Gasteiger charge is -2.12. The SMILES string of the molecule is CCOC(C)n1nc(-c2ccnc(C)c2)c2cc(C)cnc21. The van der Waals surface area contributed by atoms with E-state index < -0.39 is 0 Å². The number of aromatic nitrogens is 4. The van der Waals surface area contributed by atoms with Gasteiger partial charge in [0.2, 0.25) is 0 Å². The van der Waals surface area contributed by atoms with Crippen molar-refractivity contribution in [3.63, 3.8) is 0 Å². The number of hydrogen-bond acceptors (Lipinski definition) is 4. The molecule has 3 rings (SSSR count). The minimum Gasteiger partial charge on any atom is -0.357 e. The van der Waals surface area contributed by atoms with E-state index in [1.54, 1.807) is 0 Å². The molecule has 114 valence electrons. The molecular weight excluding hydrogens is 276 g/mol. The maximum atomic E-state index is 5.69. The quantitative estimate of drug-likeness (QED) is 0.737. The van der Waals surface area contributed by atoms with Crippen molar-refractivity contribution >= 4 is 11.0 Å². The van der Waals surface area contributed by atoms with Gasteiger partial charge in [-0.2, -0.15) is 5.10 Å². The molecule has 0 radical (unpaired) electrons. The van der Waals surface area contributed by atoms with Gasteiger partial charge < -0.3 is 4.74 Å². The van der Waals surface area contributed by atoms with Gasteiger partial charge in [0.05, 0.1) is 0 Å². The Morgan fingerprint density at radius 1 is 1.23 bits per heavy atom. The molecule has 5 heteroatoms. The molecule has 3 aromatic rings. The van der Waals surface area contributed by atoms with Gasteiger partial charge in [0, 0.05) is 35.6 Å². The van der Waals surface area contributed by atoms with Crippen molar-refractivity contribution in [2.24, 2.45) is 0 Å². The number of rotatable bonds is 4. The standard InChI is InChI=1S/C17H20N4O/c1-5-22-13(4)21-17-15(8-11(2)10-19-17)16(20-21)14-6-7-18-12(3)9-14/h6-10,13H,5H2,1-4H3. The van der Waals surface area contributed by atoms with Crippen molar-refractivity contribution < 1.29 is 4.74 Å². The fourth-order valence-electron chi connectivity index (χ4n) is 2.60. The topological polar surface area (TPSA) is 52.8 Å². The Hall–Kier alpha value is -2.27. The van der Waals surface area contributed by atoms with Gasteiger partial charge in [-0.05, 0) is 51.5 Å². The Kier molecular flexibility index (Phi) is 3.90. The van der Waals surface area contributed by atoms with Crippen LogP contribution < -0.4 is 0 Å². The summed E-state index contributed by atoms with van der Waals surface area (Å²) in [6, 6.07) is 6.14. The highest BCUT2D eigenvalue weighted by Crippen LogP contribution is 2.29. The molecule has 0 saturated heterocycles. The molecule has 0 bridgehead atoms. The molecule has 0 spiro atoms. The largest absolute Gasteiger partial charge is 0.357 e. The monoisotopic (exact) mass is 296 g/mol. The summed E-state index contributed by atoms with van der Waals surface area (Å²) in [5.41, 5.74) is 4.90. The first kappa shape index (κ1) is 14.7. The molecule has 0 aliphatic carbocycles. The molecule has 1 unspecified atom stereocenters. The zero-order valence-electron chi connectivity index (χ0n) is 13.4. The van der Waals surface area contributed by atoms with Gasteiger partial charge in [-0.1, -0.05) is 0 Å². The number of hydrogen-bond donors (Lipinski definition) is 0. The second-order valence-electron chi connectivity index (χ2n) is 5.42. The molecule has 0 amide bonds. The van der Waals surface area contributed by atoms with Crippen LogP contribution in [0.1, 0.15) is 31.3 Å². The molecule has 3 aromatic heterocycles. The van der Waals surface area contributed by atoms with Crippen LogP contribution in [0, 0.1) is 13.8 Å². The van der Waals surface area contributed by atoms with E-state index in [4.69, 9.17) is 9.84 Å². The summed E-state index contributed by atoms with van der Waals surface area (Å²) >= 11 is 0. The van der Waals surface area contributed by atoms with Crippen LogP contribution in [0.15, 0.2) is 30.6 Å². The molecule has 0 aromatic carbocycles. The fourth-order valence-corrected chi connectivity index (χ4v) is 2.60. The van der Waals surface area contributed by atoms with E-state index in [2.05, 4.69) is 16.0 Å². The van der Waals surface area contributed by atoms with Gasteiger partial charge in [-0.15, -0.1) is 0 Å². The molecule has 0 fully saturated rings. The Balaban J connectivity index is 2.23. The van der Waals surface area contributed by atoms with Crippen LogP contribution in [-0.2, 0) is 4.74 Å². The fraction of sp³-hybridized carbons (Fsp3) is 0.353. The minimum absolute atomic E-state index is 0.153. The summed E-state index contributed by atoms with van der Waals surface area (Å²) in [6.07, 6.45) is 3.52. The van der Waals surface area contributed by atoms with Gasteiger partial charge in [-0.25, -0.2) is 9.67 Å². The molecule has 5 nitrogen and oxygen atoms in total. The maximum Gasteiger partial charge on any atom is 0.161 e. The first-order valence-corrected chi connectivity index (χ1v) is 7.49. The summed E-state index contributed by atoms with van der Waals surface area (Å²) in [5.74, 6) is 0. The smallest absolute Gasteiger partial charge is 0.161 e. The molecule has 22 heavy (non-hydrogen) atoms. The van der Waals surface area contributed by atoms with Crippen LogP contribution >= 0.6 is 0 Å². The van der Waals surface area contributed by atoms with Crippen molar-refractivity contribution in [3.05, 3.63) is 41.9 Å². The normalized spacial score (nSPS) is 12.7. The number of fused-ring (bicyclic) bond motifs is 1. The molecule has 0 aliphatic heterocycles. The average molecular weight is 296 g/mol. The van der Waals surface area contributed by atoms with Gasteiger partial charge in [-0.3, -0.25) is 4.98 Å².